The van der Waals surface area contributed by atoms with Gasteiger partial charge >= 0.3 is 0 Å². The molecule has 0 atom stereocenters. The molecule has 4 rings (SSSR count). The Morgan fingerprint density at radius 1 is 1.14 bits per heavy atom. The zero-order valence-corrected chi connectivity index (χ0v) is 17.7. The maximum Gasteiger partial charge on any atom is 0.267 e. The van der Waals surface area contributed by atoms with Crippen LogP contribution >= 0.6 is 23.1 Å². The normalized spacial score (nSPS) is 11.2. The lowest BCUT2D eigenvalue weighted by Gasteiger charge is -2.12. The van der Waals surface area contributed by atoms with Gasteiger partial charge in [0.15, 0.2) is 5.16 Å². The lowest BCUT2D eigenvalue weighted by Crippen LogP contribution is -2.21. The molecule has 0 bridgehead atoms. The molecule has 0 fully saturated rings. The van der Waals surface area contributed by atoms with Crippen molar-refractivity contribution in [1.29, 1.82) is 0 Å². The maximum atomic E-state index is 13.6. The fraction of sp³-hybridized carbons (Fsp3) is 0.227. The predicted octanol–water partition coefficient (Wildman–Crippen LogP) is 5.56. The van der Waals surface area contributed by atoms with Gasteiger partial charge in [-0.25, -0.2) is 9.97 Å². The third-order valence-corrected chi connectivity index (χ3v) is 6.76. The Bertz CT molecular complexity index is 1200. The highest BCUT2D eigenvalue weighted by atomic mass is 32.2. The van der Waals surface area contributed by atoms with E-state index in [9.17, 15) is 4.79 Å². The molecule has 0 N–H and O–H groups in total. The molecular weight excluding hydrogens is 386 g/mol. The molecule has 0 unspecified atom stereocenters. The van der Waals surface area contributed by atoms with Gasteiger partial charge in [0, 0.05) is 11.1 Å². The minimum absolute atomic E-state index is 0.00914. The Kier molecular flexibility index (Phi) is 5.33. The zero-order chi connectivity index (χ0) is 19.7. The molecule has 0 aliphatic rings. The van der Waals surface area contributed by atoms with Crippen molar-refractivity contribution in [3.8, 4) is 5.69 Å². The molecule has 3 heterocycles. The van der Waals surface area contributed by atoms with E-state index in [4.69, 9.17) is 4.98 Å². The van der Waals surface area contributed by atoms with Crippen LogP contribution in [0.3, 0.4) is 0 Å². The molecular formula is C22H21N3OS2. The number of fused-ring (bicyclic) bond motifs is 1. The topological polar surface area (TPSA) is 47.8 Å². The fourth-order valence-electron chi connectivity index (χ4n) is 3.24. The first-order valence-electron chi connectivity index (χ1n) is 9.29. The second-order valence-electron chi connectivity index (χ2n) is 6.72. The second kappa shape index (κ2) is 7.89. The van der Waals surface area contributed by atoms with Gasteiger partial charge in [-0.2, -0.15) is 0 Å². The van der Waals surface area contributed by atoms with Crippen LogP contribution in [-0.2, 0) is 6.42 Å². The first-order chi connectivity index (χ1) is 13.6. The van der Waals surface area contributed by atoms with E-state index in [0.29, 0.717) is 5.16 Å². The summed E-state index contributed by atoms with van der Waals surface area (Å²) in [5, 5.41) is 2.20. The van der Waals surface area contributed by atoms with Crippen LogP contribution in [0.25, 0.3) is 15.9 Å². The van der Waals surface area contributed by atoms with Gasteiger partial charge < -0.3 is 0 Å². The average Bonchev–Trinajstić information content (AvgIpc) is 2.99. The van der Waals surface area contributed by atoms with Gasteiger partial charge in [-0.1, -0.05) is 31.5 Å². The van der Waals surface area contributed by atoms with Crippen LogP contribution in [0, 0.1) is 13.8 Å². The minimum Gasteiger partial charge on any atom is -0.268 e. The number of rotatable bonds is 5. The Morgan fingerprint density at radius 3 is 2.71 bits per heavy atom. The quantitative estimate of drug-likeness (QED) is 0.406. The summed E-state index contributed by atoms with van der Waals surface area (Å²) in [5.74, 6) is 0. The summed E-state index contributed by atoms with van der Waals surface area (Å²) < 4.78 is 1.73. The molecule has 1 aromatic carbocycles. The van der Waals surface area contributed by atoms with Crippen molar-refractivity contribution < 1.29 is 0 Å². The average molecular weight is 408 g/mol. The molecule has 4 nitrogen and oxygen atoms in total. The lowest BCUT2D eigenvalue weighted by atomic mass is 10.1. The molecule has 0 aliphatic carbocycles. The van der Waals surface area contributed by atoms with Gasteiger partial charge in [-0.15, -0.1) is 11.3 Å². The van der Waals surface area contributed by atoms with Crippen molar-refractivity contribution in [2.75, 3.05) is 0 Å². The molecule has 0 amide bonds. The molecule has 28 heavy (non-hydrogen) atoms. The Balaban J connectivity index is 1.99. The van der Waals surface area contributed by atoms with E-state index < -0.39 is 0 Å². The first-order valence-corrected chi connectivity index (χ1v) is 10.9. The number of hydrogen-bond acceptors (Lipinski definition) is 5. The van der Waals surface area contributed by atoms with E-state index in [2.05, 4.69) is 11.9 Å². The molecule has 0 saturated carbocycles. The molecule has 0 radical (unpaired) electrons. The summed E-state index contributed by atoms with van der Waals surface area (Å²) in [4.78, 5) is 25.0. The molecule has 6 heteroatoms. The van der Waals surface area contributed by atoms with Gasteiger partial charge in [-0.05, 0) is 67.4 Å². The highest BCUT2D eigenvalue weighted by Crippen LogP contribution is 2.32. The zero-order valence-electron chi connectivity index (χ0n) is 16.1. The van der Waals surface area contributed by atoms with Crippen molar-refractivity contribution in [2.24, 2.45) is 0 Å². The van der Waals surface area contributed by atoms with Crippen LogP contribution in [0.15, 0.2) is 63.6 Å². The second-order valence-corrected chi connectivity index (χ2v) is 8.80. The Morgan fingerprint density at radius 2 is 2.00 bits per heavy atom. The van der Waals surface area contributed by atoms with Crippen LogP contribution in [0.4, 0.5) is 0 Å². The smallest absolute Gasteiger partial charge is 0.267 e. The highest BCUT2D eigenvalue weighted by Gasteiger charge is 2.19. The molecule has 142 valence electrons. The van der Waals surface area contributed by atoms with E-state index in [0.717, 1.165) is 44.9 Å². The van der Waals surface area contributed by atoms with Gasteiger partial charge in [0.05, 0.1) is 11.1 Å². The largest absolute Gasteiger partial charge is 0.268 e. The molecule has 0 spiro atoms. The van der Waals surface area contributed by atoms with Crippen LogP contribution < -0.4 is 5.56 Å². The van der Waals surface area contributed by atoms with E-state index in [1.54, 1.807) is 22.1 Å². The number of thiophene rings is 1. The Labute approximate surface area is 172 Å². The summed E-state index contributed by atoms with van der Waals surface area (Å²) >= 11 is 3.06. The number of benzene rings is 1. The number of aryl methyl sites for hydroxylation is 3. The van der Waals surface area contributed by atoms with Crippen LogP contribution in [0.2, 0.25) is 0 Å². The summed E-state index contributed by atoms with van der Waals surface area (Å²) in [6.07, 6.45) is 3.78. The monoisotopic (exact) mass is 407 g/mol. The standard InChI is InChI=1S/C22H21N3OS2/c1-4-8-17-15(3)19-20(27-17)24-22(28-18-11-5-6-12-23-18)25(21(19)26)16-10-7-9-14(2)13-16/h5-7,9-13H,4,8H2,1-3H3. The van der Waals surface area contributed by atoms with Gasteiger partial charge in [0.1, 0.15) is 9.86 Å². The van der Waals surface area contributed by atoms with Crippen molar-refractivity contribution in [3.05, 3.63) is 75.0 Å². The summed E-state index contributed by atoms with van der Waals surface area (Å²) in [6, 6.07) is 13.7. The molecule has 4 aromatic rings. The first kappa shape index (κ1) is 18.9. The summed E-state index contributed by atoms with van der Waals surface area (Å²) in [7, 11) is 0. The van der Waals surface area contributed by atoms with Gasteiger partial charge in [-0.3, -0.25) is 9.36 Å². The molecule has 0 saturated heterocycles. The van der Waals surface area contributed by atoms with Crippen molar-refractivity contribution in [2.45, 2.75) is 43.8 Å². The fourth-order valence-corrected chi connectivity index (χ4v) is 5.43. The number of pyridine rings is 1. The van der Waals surface area contributed by atoms with Crippen LogP contribution in [0.5, 0.6) is 0 Å². The lowest BCUT2D eigenvalue weighted by molar-refractivity contribution is 0.819. The van der Waals surface area contributed by atoms with Crippen LogP contribution in [-0.4, -0.2) is 14.5 Å². The third-order valence-electron chi connectivity index (χ3n) is 4.60. The Hall–Kier alpha value is -2.44. The van der Waals surface area contributed by atoms with E-state index in [1.165, 1.54) is 16.6 Å². The van der Waals surface area contributed by atoms with Crippen LogP contribution in [0.1, 0.15) is 29.3 Å². The van der Waals surface area contributed by atoms with Gasteiger partial charge in [0.2, 0.25) is 0 Å². The molecule has 0 aliphatic heterocycles. The van der Waals surface area contributed by atoms with Crippen molar-refractivity contribution >= 4 is 33.3 Å². The highest BCUT2D eigenvalue weighted by molar-refractivity contribution is 7.99. The van der Waals surface area contributed by atoms with E-state index in [1.807, 2.05) is 56.3 Å². The van der Waals surface area contributed by atoms with E-state index in [-0.39, 0.29) is 5.56 Å². The van der Waals surface area contributed by atoms with Crippen molar-refractivity contribution in [1.82, 2.24) is 14.5 Å². The van der Waals surface area contributed by atoms with Crippen molar-refractivity contribution in [3.63, 3.8) is 0 Å². The molecule has 3 aromatic heterocycles. The number of nitrogens with zero attached hydrogens (tertiary/aromatic N) is 3. The summed E-state index contributed by atoms with van der Waals surface area (Å²) in [6.45, 7) is 6.23. The third kappa shape index (κ3) is 3.50. The summed E-state index contributed by atoms with van der Waals surface area (Å²) in [5.41, 5.74) is 2.99. The SMILES string of the molecule is CCCc1sc2nc(Sc3ccccn3)n(-c3cccc(C)c3)c(=O)c2c1C. The van der Waals surface area contributed by atoms with E-state index >= 15 is 0 Å². The maximum absolute atomic E-state index is 13.6. The van der Waals surface area contributed by atoms with Gasteiger partial charge in [0.25, 0.3) is 5.56 Å². The number of hydrogen-bond donors (Lipinski definition) is 0. The minimum atomic E-state index is -0.00914. The number of aromatic nitrogens is 3. The predicted molar refractivity (Wildman–Crippen MR) is 117 cm³/mol.